The Bertz CT molecular complexity index is 382. The van der Waals surface area contributed by atoms with E-state index < -0.39 is 17.4 Å². The standard InChI is InChI=1S/C18H29ClO4/c1-3-22-16(20)18(12-8-14-19,17(21)23-4-2)13-11-15-9-6-5-7-10-15/h11,13,15H,3-10,12,14H2,1-2H3/b13-11+. The smallest absolute Gasteiger partial charge is 0.327 e. The fraction of sp³-hybridized carbons (Fsp3) is 0.778. The monoisotopic (exact) mass is 344 g/mol. The molecule has 1 saturated carbocycles. The minimum Gasteiger partial charge on any atom is -0.465 e. The van der Waals surface area contributed by atoms with Crippen LogP contribution in [0.1, 0.15) is 58.8 Å². The third kappa shape index (κ3) is 5.83. The number of rotatable bonds is 9. The first kappa shape index (κ1) is 20.0. The van der Waals surface area contributed by atoms with Crippen LogP contribution in [0, 0.1) is 11.3 Å². The van der Waals surface area contributed by atoms with Crippen molar-refractivity contribution >= 4 is 23.5 Å². The van der Waals surface area contributed by atoms with E-state index in [0.29, 0.717) is 24.6 Å². The van der Waals surface area contributed by atoms with Gasteiger partial charge in [-0.15, -0.1) is 11.6 Å². The van der Waals surface area contributed by atoms with E-state index in [0.717, 1.165) is 12.8 Å². The van der Waals surface area contributed by atoms with Crippen molar-refractivity contribution in [2.24, 2.45) is 11.3 Å². The summed E-state index contributed by atoms with van der Waals surface area (Å²) in [5.41, 5.74) is -1.36. The van der Waals surface area contributed by atoms with Crippen LogP contribution in [0.15, 0.2) is 12.2 Å². The zero-order valence-electron chi connectivity index (χ0n) is 14.3. The van der Waals surface area contributed by atoms with E-state index in [1.807, 2.05) is 6.08 Å². The molecular weight excluding hydrogens is 316 g/mol. The van der Waals surface area contributed by atoms with Gasteiger partial charge in [0.2, 0.25) is 0 Å². The number of carbonyl (C=O) groups is 2. The Hall–Kier alpha value is -1.03. The van der Waals surface area contributed by atoms with Gasteiger partial charge in [0, 0.05) is 5.88 Å². The Balaban J connectivity index is 3.04. The molecule has 0 saturated heterocycles. The number of hydrogen-bond donors (Lipinski definition) is 0. The largest absolute Gasteiger partial charge is 0.465 e. The summed E-state index contributed by atoms with van der Waals surface area (Å²) in [5, 5.41) is 0. The molecule has 0 aliphatic heterocycles. The molecule has 0 unspecified atom stereocenters. The van der Waals surface area contributed by atoms with Crippen molar-refractivity contribution in [1.29, 1.82) is 0 Å². The SMILES string of the molecule is CCOC(=O)C(/C=C/C1CCCCC1)(CCCCl)C(=O)OCC. The van der Waals surface area contributed by atoms with E-state index in [4.69, 9.17) is 21.1 Å². The average molecular weight is 345 g/mol. The third-order valence-corrected chi connectivity index (χ3v) is 4.55. The number of carbonyl (C=O) groups excluding carboxylic acids is 2. The summed E-state index contributed by atoms with van der Waals surface area (Å²) in [6, 6.07) is 0. The number of halogens is 1. The van der Waals surface area contributed by atoms with Gasteiger partial charge in [-0.1, -0.05) is 31.4 Å². The van der Waals surface area contributed by atoms with E-state index in [1.54, 1.807) is 19.9 Å². The van der Waals surface area contributed by atoms with Crippen LogP contribution in [0.5, 0.6) is 0 Å². The van der Waals surface area contributed by atoms with Gasteiger partial charge >= 0.3 is 11.9 Å². The second-order valence-electron chi connectivity index (χ2n) is 5.96. The summed E-state index contributed by atoms with van der Waals surface area (Å²) in [5.74, 6) is -0.257. The number of alkyl halides is 1. The van der Waals surface area contributed by atoms with E-state index in [2.05, 4.69) is 0 Å². The summed E-state index contributed by atoms with van der Waals surface area (Å²) in [4.78, 5) is 25.1. The highest BCUT2D eigenvalue weighted by Crippen LogP contribution is 2.33. The molecule has 1 aliphatic carbocycles. The van der Waals surface area contributed by atoms with Crippen LogP contribution in [0.4, 0.5) is 0 Å². The van der Waals surface area contributed by atoms with Crippen LogP contribution in [0.2, 0.25) is 0 Å². The van der Waals surface area contributed by atoms with Crippen LogP contribution in [-0.4, -0.2) is 31.0 Å². The first-order valence-electron chi connectivity index (χ1n) is 8.70. The predicted molar refractivity (Wildman–Crippen MR) is 91.4 cm³/mol. The van der Waals surface area contributed by atoms with Gasteiger partial charge in [0.15, 0.2) is 5.41 Å². The quantitative estimate of drug-likeness (QED) is 0.271. The maximum atomic E-state index is 12.5. The van der Waals surface area contributed by atoms with Crippen LogP contribution >= 0.6 is 11.6 Å². The Morgan fingerprint density at radius 3 is 2.13 bits per heavy atom. The van der Waals surface area contributed by atoms with Crippen molar-refractivity contribution in [3.8, 4) is 0 Å². The van der Waals surface area contributed by atoms with Gasteiger partial charge in [-0.3, -0.25) is 9.59 Å². The highest BCUT2D eigenvalue weighted by molar-refractivity contribution is 6.17. The Labute approximate surface area is 144 Å². The second-order valence-corrected chi connectivity index (χ2v) is 6.34. The Kier molecular flexibility index (Phi) is 9.30. The molecule has 0 aromatic carbocycles. The van der Waals surface area contributed by atoms with E-state index in [1.165, 1.54) is 19.3 Å². The van der Waals surface area contributed by atoms with Crippen LogP contribution in [-0.2, 0) is 19.1 Å². The summed E-state index contributed by atoms with van der Waals surface area (Å²) in [6.07, 6.45) is 10.5. The average Bonchev–Trinajstić information content (AvgIpc) is 2.56. The number of ether oxygens (including phenoxy) is 2. The first-order chi connectivity index (χ1) is 11.1. The van der Waals surface area contributed by atoms with Crippen LogP contribution in [0.25, 0.3) is 0 Å². The molecule has 4 nitrogen and oxygen atoms in total. The normalized spacial score (nSPS) is 16.5. The third-order valence-electron chi connectivity index (χ3n) is 4.29. The highest BCUT2D eigenvalue weighted by atomic mass is 35.5. The molecule has 0 bridgehead atoms. The van der Waals surface area contributed by atoms with Crippen molar-refractivity contribution in [3.05, 3.63) is 12.2 Å². The molecule has 0 radical (unpaired) electrons. The molecule has 1 rings (SSSR count). The maximum absolute atomic E-state index is 12.5. The minimum atomic E-state index is -1.36. The fourth-order valence-corrected chi connectivity index (χ4v) is 3.13. The summed E-state index contributed by atoms with van der Waals surface area (Å²) >= 11 is 5.79. The molecule has 0 heterocycles. The van der Waals surface area contributed by atoms with Crippen molar-refractivity contribution in [2.75, 3.05) is 19.1 Å². The van der Waals surface area contributed by atoms with Gasteiger partial charge in [0.1, 0.15) is 0 Å². The molecule has 1 fully saturated rings. The lowest BCUT2D eigenvalue weighted by atomic mass is 9.80. The molecule has 132 valence electrons. The molecule has 23 heavy (non-hydrogen) atoms. The molecule has 0 amide bonds. The van der Waals surface area contributed by atoms with Gasteiger partial charge in [-0.05, 0) is 45.4 Å². The molecule has 1 aliphatic rings. The highest BCUT2D eigenvalue weighted by Gasteiger charge is 2.46. The summed E-state index contributed by atoms with van der Waals surface area (Å²) in [7, 11) is 0. The zero-order valence-corrected chi connectivity index (χ0v) is 15.1. The Morgan fingerprint density at radius 1 is 1.09 bits per heavy atom. The lowest BCUT2D eigenvalue weighted by Gasteiger charge is -2.27. The van der Waals surface area contributed by atoms with Crippen molar-refractivity contribution < 1.29 is 19.1 Å². The molecule has 0 atom stereocenters. The number of esters is 2. The van der Waals surface area contributed by atoms with Crippen LogP contribution < -0.4 is 0 Å². The molecule has 0 aromatic heterocycles. The van der Waals surface area contributed by atoms with E-state index in [-0.39, 0.29) is 13.2 Å². The van der Waals surface area contributed by atoms with E-state index in [9.17, 15) is 9.59 Å². The van der Waals surface area contributed by atoms with Gasteiger partial charge in [0.25, 0.3) is 0 Å². The molecule has 0 N–H and O–H groups in total. The first-order valence-corrected chi connectivity index (χ1v) is 9.24. The zero-order chi connectivity index (χ0) is 17.1. The number of allylic oxidation sites excluding steroid dienone is 1. The summed E-state index contributed by atoms with van der Waals surface area (Å²) < 4.78 is 10.4. The van der Waals surface area contributed by atoms with Crippen molar-refractivity contribution in [2.45, 2.75) is 58.8 Å². The summed E-state index contributed by atoms with van der Waals surface area (Å²) in [6.45, 7) is 3.94. The van der Waals surface area contributed by atoms with Gasteiger partial charge in [0.05, 0.1) is 13.2 Å². The van der Waals surface area contributed by atoms with E-state index >= 15 is 0 Å². The van der Waals surface area contributed by atoms with Crippen molar-refractivity contribution in [3.63, 3.8) is 0 Å². The van der Waals surface area contributed by atoms with Gasteiger partial charge in [-0.25, -0.2) is 0 Å². The molecule has 5 heteroatoms. The molecule has 0 spiro atoms. The second kappa shape index (κ2) is 10.7. The minimum absolute atomic E-state index is 0.234. The van der Waals surface area contributed by atoms with Gasteiger partial charge < -0.3 is 9.47 Å². The lowest BCUT2D eigenvalue weighted by Crippen LogP contribution is -2.41. The number of hydrogen-bond acceptors (Lipinski definition) is 4. The fourth-order valence-electron chi connectivity index (χ4n) is 3.00. The van der Waals surface area contributed by atoms with Crippen LogP contribution in [0.3, 0.4) is 0 Å². The Morgan fingerprint density at radius 2 is 1.65 bits per heavy atom. The van der Waals surface area contributed by atoms with Gasteiger partial charge in [-0.2, -0.15) is 0 Å². The predicted octanol–water partition coefficient (Wildman–Crippen LogP) is 4.25. The lowest BCUT2D eigenvalue weighted by molar-refractivity contribution is -0.168. The molecular formula is C18H29ClO4. The topological polar surface area (TPSA) is 52.6 Å². The van der Waals surface area contributed by atoms with Crippen molar-refractivity contribution in [1.82, 2.24) is 0 Å². The molecule has 0 aromatic rings. The maximum Gasteiger partial charge on any atom is 0.327 e.